The first kappa shape index (κ1) is 17.0. The van der Waals surface area contributed by atoms with Crippen LogP contribution < -0.4 is 0 Å². The molecule has 0 saturated carbocycles. The fraction of sp³-hybridized carbons (Fsp3) is 0.389. The summed E-state index contributed by atoms with van der Waals surface area (Å²) in [6.07, 6.45) is -2.24. The minimum absolute atomic E-state index is 0.0234. The van der Waals surface area contributed by atoms with Gasteiger partial charge in [0.1, 0.15) is 0 Å². The number of carbonyl (C=O) groups excluding carboxylic acids is 1. The van der Waals surface area contributed by atoms with Crippen LogP contribution in [0.3, 0.4) is 0 Å². The number of carbonyl (C=O) groups is 1. The van der Waals surface area contributed by atoms with Gasteiger partial charge in [-0.1, -0.05) is 19.1 Å². The van der Waals surface area contributed by atoms with Crippen molar-refractivity contribution in [2.24, 2.45) is 5.92 Å². The molecule has 0 unspecified atom stereocenters. The monoisotopic (exact) mass is 353 g/mol. The van der Waals surface area contributed by atoms with Crippen LogP contribution in [0.1, 0.15) is 35.0 Å². The van der Waals surface area contributed by atoms with Crippen molar-refractivity contribution < 1.29 is 18.0 Å². The maximum atomic E-state index is 12.8. The third kappa shape index (κ3) is 3.64. The van der Waals surface area contributed by atoms with E-state index in [9.17, 15) is 18.0 Å². The Morgan fingerprint density at radius 2 is 2.04 bits per heavy atom. The summed E-state index contributed by atoms with van der Waals surface area (Å²) in [5.74, 6) is 0.468. The van der Waals surface area contributed by atoms with E-state index in [1.165, 1.54) is 17.4 Å². The molecule has 0 N–H and O–H groups in total. The summed E-state index contributed by atoms with van der Waals surface area (Å²) < 4.78 is 38.5. The van der Waals surface area contributed by atoms with E-state index in [1.54, 1.807) is 18.2 Å². The van der Waals surface area contributed by atoms with E-state index in [-0.39, 0.29) is 5.91 Å². The molecule has 0 bridgehead atoms. The minimum atomic E-state index is -4.37. The van der Waals surface area contributed by atoms with Crippen LogP contribution in [0.5, 0.6) is 0 Å². The van der Waals surface area contributed by atoms with Crippen molar-refractivity contribution in [1.82, 2.24) is 4.90 Å². The van der Waals surface area contributed by atoms with Gasteiger partial charge in [-0.15, -0.1) is 11.3 Å². The SMILES string of the molecule is C[C@H]1CCCN(C(=O)c2ccc(-c3cccc(C(F)(F)F)c3)s2)C1. The maximum absolute atomic E-state index is 12.8. The normalized spacial score (nSPS) is 18.7. The number of nitrogens with zero attached hydrogens (tertiary/aromatic N) is 1. The van der Waals surface area contributed by atoms with Crippen molar-refractivity contribution in [3.63, 3.8) is 0 Å². The zero-order valence-corrected chi connectivity index (χ0v) is 14.1. The number of piperidine rings is 1. The molecular formula is C18H18F3NOS. The molecule has 2 aromatic rings. The molecule has 0 aliphatic carbocycles. The first-order valence-electron chi connectivity index (χ1n) is 7.91. The topological polar surface area (TPSA) is 20.3 Å². The molecule has 1 aliphatic rings. The van der Waals surface area contributed by atoms with Gasteiger partial charge in [0.2, 0.25) is 0 Å². The van der Waals surface area contributed by atoms with Crippen LogP contribution in [0.25, 0.3) is 10.4 Å². The van der Waals surface area contributed by atoms with Crippen molar-refractivity contribution in [3.8, 4) is 10.4 Å². The van der Waals surface area contributed by atoms with Crippen molar-refractivity contribution in [2.45, 2.75) is 25.9 Å². The summed E-state index contributed by atoms with van der Waals surface area (Å²) in [5, 5.41) is 0. The van der Waals surface area contributed by atoms with E-state index in [0.717, 1.165) is 38.1 Å². The van der Waals surface area contributed by atoms with Crippen molar-refractivity contribution >= 4 is 17.2 Å². The molecule has 2 nitrogen and oxygen atoms in total. The zero-order chi connectivity index (χ0) is 17.3. The molecule has 6 heteroatoms. The van der Waals surface area contributed by atoms with Crippen LogP contribution >= 0.6 is 11.3 Å². The van der Waals surface area contributed by atoms with Crippen LogP contribution in [0.2, 0.25) is 0 Å². The Bertz CT molecular complexity index is 738. The Labute approximate surface area is 142 Å². The van der Waals surface area contributed by atoms with Crippen LogP contribution in [0, 0.1) is 5.92 Å². The third-order valence-corrected chi connectivity index (χ3v) is 5.36. The smallest absolute Gasteiger partial charge is 0.338 e. The van der Waals surface area contributed by atoms with Crippen molar-refractivity contribution in [2.75, 3.05) is 13.1 Å². The molecule has 1 fully saturated rings. The van der Waals surface area contributed by atoms with Gasteiger partial charge >= 0.3 is 6.18 Å². The number of likely N-dealkylation sites (tertiary alicyclic amines) is 1. The fourth-order valence-corrected chi connectivity index (χ4v) is 3.96. The van der Waals surface area contributed by atoms with Crippen LogP contribution in [-0.2, 0) is 6.18 Å². The Balaban J connectivity index is 1.82. The molecule has 1 aromatic carbocycles. The van der Waals surface area contributed by atoms with Gasteiger partial charge in [-0.25, -0.2) is 0 Å². The minimum Gasteiger partial charge on any atom is -0.338 e. The maximum Gasteiger partial charge on any atom is 0.416 e. The van der Waals surface area contributed by atoms with Gasteiger partial charge in [0.05, 0.1) is 10.4 Å². The van der Waals surface area contributed by atoms with Gasteiger partial charge in [0.25, 0.3) is 5.91 Å². The number of hydrogen-bond acceptors (Lipinski definition) is 2. The number of hydrogen-bond donors (Lipinski definition) is 0. The fourth-order valence-electron chi connectivity index (χ4n) is 2.99. The molecule has 24 heavy (non-hydrogen) atoms. The van der Waals surface area contributed by atoms with Gasteiger partial charge in [0.15, 0.2) is 0 Å². The number of benzene rings is 1. The number of alkyl halides is 3. The summed E-state index contributed by atoms with van der Waals surface area (Å²) in [7, 11) is 0. The quantitative estimate of drug-likeness (QED) is 0.717. The van der Waals surface area contributed by atoms with Crippen LogP contribution in [0.15, 0.2) is 36.4 Å². The van der Waals surface area contributed by atoms with Gasteiger partial charge in [0, 0.05) is 18.0 Å². The van der Waals surface area contributed by atoms with E-state index in [4.69, 9.17) is 0 Å². The molecule has 3 rings (SSSR count). The van der Waals surface area contributed by atoms with Crippen molar-refractivity contribution in [3.05, 3.63) is 46.8 Å². The van der Waals surface area contributed by atoms with Crippen LogP contribution in [0.4, 0.5) is 13.2 Å². The number of halogens is 3. The highest BCUT2D eigenvalue weighted by atomic mass is 32.1. The first-order valence-corrected chi connectivity index (χ1v) is 8.73. The standard InChI is InChI=1S/C18H18F3NOS/c1-12-4-3-9-22(11-12)17(23)16-8-7-15(24-16)13-5-2-6-14(10-13)18(19,20)21/h2,5-8,10,12H,3-4,9,11H2,1H3/t12-/m0/s1. The number of thiophene rings is 1. The molecule has 2 heterocycles. The summed E-state index contributed by atoms with van der Waals surface area (Å²) in [5.41, 5.74) is -0.188. The average molecular weight is 353 g/mol. The highest BCUT2D eigenvalue weighted by Crippen LogP contribution is 2.35. The first-order chi connectivity index (χ1) is 11.3. The summed E-state index contributed by atoms with van der Waals surface area (Å²) >= 11 is 1.25. The predicted octanol–water partition coefficient (Wildman–Crippen LogP) is 5.31. The summed E-state index contributed by atoms with van der Waals surface area (Å²) in [6.45, 7) is 3.62. The lowest BCUT2D eigenvalue weighted by Gasteiger charge is -2.30. The average Bonchev–Trinajstić information content (AvgIpc) is 3.03. The molecule has 0 spiro atoms. The number of rotatable bonds is 2. The molecule has 1 atom stereocenters. The predicted molar refractivity (Wildman–Crippen MR) is 89.1 cm³/mol. The molecular weight excluding hydrogens is 335 g/mol. The lowest BCUT2D eigenvalue weighted by atomic mass is 10.0. The Morgan fingerprint density at radius 1 is 1.25 bits per heavy atom. The van der Waals surface area contributed by atoms with Gasteiger partial charge in [-0.05, 0) is 48.6 Å². The molecule has 1 aromatic heterocycles. The van der Waals surface area contributed by atoms with Crippen LogP contribution in [-0.4, -0.2) is 23.9 Å². The zero-order valence-electron chi connectivity index (χ0n) is 13.3. The van der Waals surface area contributed by atoms with Gasteiger partial charge in [-0.3, -0.25) is 4.79 Å². The molecule has 0 radical (unpaired) electrons. The van der Waals surface area contributed by atoms with Gasteiger partial charge < -0.3 is 4.90 Å². The lowest BCUT2D eigenvalue weighted by molar-refractivity contribution is -0.137. The van der Waals surface area contributed by atoms with E-state index in [0.29, 0.717) is 21.2 Å². The van der Waals surface area contributed by atoms with Crippen molar-refractivity contribution in [1.29, 1.82) is 0 Å². The number of amides is 1. The van der Waals surface area contributed by atoms with E-state index in [2.05, 4.69) is 6.92 Å². The highest BCUT2D eigenvalue weighted by Gasteiger charge is 2.30. The van der Waals surface area contributed by atoms with E-state index >= 15 is 0 Å². The molecule has 128 valence electrons. The summed E-state index contributed by atoms with van der Waals surface area (Å²) in [6, 6.07) is 8.65. The second kappa shape index (κ2) is 6.59. The Kier molecular flexibility index (Phi) is 4.67. The molecule has 1 amide bonds. The lowest BCUT2D eigenvalue weighted by Crippen LogP contribution is -2.38. The third-order valence-electron chi connectivity index (χ3n) is 4.24. The Morgan fingerprint density at radius 3 is 2.75 bits per heavy atom. The van der Waals surface area contributed by atoms with E-state index < -0.39 is 11.7 Å². The molecule has 1 aliphatic heterocycles. The summed E-state index contributed by atoms with van der Waals surface area (Å²) in [4.78, 5) is 15.7. The van der Waals surface area contributed by atoms with Gasteiger partial charge in [-0.2, -0.15) is 13.2 Å². The molecule has 1 saturated heterocycles. The van der Waals surface area contributed by atoms with E-state index in [1.807, 2.05) is 4.90 Å². The second-order valence-corrected chi connectivity index (χ2v) is 7.32. The largest absolute Gasteiger partial charge is 0.416 e. The Hall–Kier alpha value is -1.82. The highest BCUT2D eigenvalue weighted by molar-refractivity contribution is 7.17. The second-order valence-electron chi connectivity index (χ2n) is 6.24.